The molecule has 5 atom stereocenters. The van der Waals surface area contributed by atoms with Crippen LogP contribution in [0.15, 0.2) is 0 Å². The Balaban J connectivity index is 2.86. The highest BCUT2D eigenvalue weighted by atomic mass is 32.1. The molecule has 1 saturated heterocycles. The Morgan fingerprint density at radius 1 is 1.09 bits per heavy atom. The Kier molecular flexibility index (Phi) is 11.6. The van der Waals surface area contributed by atoms with Crippen molar-refractivity contribution in [3.63, 3.8) is 0 Å². The number of aliphatic hydroxyl groups is 1. The number of rotatable bonds is 10. The van der Waals surface area contributed by atoms with E-state index in [1.165, 1.54) is 11.8 Å². The molecule has 196 valence electrons. The van der Waals surface area contributed by atoms with E-state index in [0.717, 1.165) is 0 Å². The van der Waals surface area contributed by atoms with Crippen molar-refractivity contribution in [3.8, 4) is 0 Å². The van der Waals surface area contributed by atoms with Gasteiger partial charge in [0.05, 0.1) is 12.1 Å². The van der Waals surface area contributed by atoms with Crippen LogP contribution in [0.4, 0.5) is 4.79 Å². The third-order valence-corrected chi connectivity index (χ3v) is 5.79. The number of aliphatic hydroxyl groups excluding tert-OH is 1. The Morgan fingerprint density at radius 2 is 1.71 bits per heavy atom. The lowest BCUT2D eigenvalue weighted by molar-refractivity contribution is -0.141. The summed E-state index contributed by atoms with van der Waals surface area (Å²) in [6, 6.07) is -2.98. The van der Waals surface area contributed by atoms with Crippen molar-refractivity contribution < 1.29 is 29.0 Å². The topological polar surface area (TPSA) is 137 Å². The van der Waals surface area contributed by atoms with Crippen LogP contribution in [0.2, 0.25) is 0 Å². The summed E-state index contributed by atoms with van der Waals surface area (Å²) in [7, 11) is 0. The summed E-state index contributed by atoms with van der Waals surface area (Å²) in [4.78, 5) is 52.5. The number of hydrogen-bond acceptors (Lipinski definition) is 7. The second kappa shape index (κ2) is 13.2. The second-order valence-electron chi connectivity index (χ2n) is 10.3. The first-order valence-corrected chi connectivity index (χ1v) is 12.5. The number of likely N-dealkylation sites (tertiary alicyclic amines) is 1. The zero-order valence-electron chi connectivity index (χ0n) is 21.4. The summed E-state index contributed by atoms with van der Waals surface area (Å²) >= 11 is 4.12. The highest BCUT2D eigenvalue weighted by Gasteiger charge is 2.39. The van der Waals surface area contributed by atoms with Gasteiger partial charge in [0.1, 0.15) is 23.7 Å². The third kappa shape index (κ3) is 9.69. The molecule has 5 unspecified atom stereocenters. The molecule has 0 aromatic rings. The lowest BCUT2D eigenvalue weighted by Gasteiger charge is -2.31. The minimum absolute atomic E-state index is 0.121. The molecule has 1 heterocycles. The van der Waals surface area contributed by atoms with Crippen molar-refractivity contribution in [1.29, 1.82) is 0 Å². The number of thiol groups is 1. The van der Waals surface area contributed by atoms with E-state index < -0.39 is 53.8 Å². The van der Waals surface area contributed by atoms with E-state index >= 15 is 0 Å². The zero-order chi connectivity index (χ0) is 26.2. The van der Waals surface area contributed by atoms with Gasteiger partial charge in [0, 0.05) is 12.3 Å². The normalized spacial score (nSPS) is 19.7. The monoisotopic (exact) mass is 502 g/mol. The highest BCUT2D eigenvalue weighted by molar-refractivity contribution is 7.80. The first kappa shape index (κ1) is 30.0. The number of ether oxygens (including phenoxy) is 1. The summed E-state index contributed by atoms with van der Waals surface area (Å²) in [5.74, 6) is -0.867. The van der Waals surface area contributed by atoms with E-state index in [-0.39, 0.29) is 17.6 Å². The Hall–Kier alpha value is -2.01. The van der Waals surface area contributed by atoms with Gasteiger partial charge in [-0.2, -0.15) is 12.6 Å². The summed E-state index contributed by atoms with van der Waals surface area (Å²) in [5, 5.41) is 17.7. The van der Waals surface area contributed by atoms with Crippen LogP contribution in [-0.4, -0.2) is 82.0 Å². The van der Waals surface area contributed by atoms with Gasteiger partial charge < -0.3 is 30.7 Å². The summed E-state index contributed by atoms with van der Waals surface area (Å²) in [5.41, 5.74) is -0.706. The summed E-state index contributed by atoms with van der Waals surface area (Å²) in [6.45, 7) is 12.6. The molecule has 10 nitrogen and oxygen atoms in total. The number of nitrogens with one attached hydrogen (secondary N) is 3. The van der Waals surface area contributed by atoms with Crippen molar-refractivity contribution in [2.45, 2.75) is 104 Å². The molecule has 1 aliphatic heterocycles. The van der Waals surface area contributed by atoms with Gasteiger partial charge in [-0.3, -0.25) is 14.4 Å². The number of amides is 4. The van der Waals surface area contributed by atoms with Gasteiger partial charge >= 0.3 is 6.09 Å². The first-order chi connectivity index (χ1) is 15.7. The molecule has 0 spiro atoms. The SMILES string of the molecule is CC(C)CC(NC(=O)OC(C)(C)C)C(=O)N1CCCC1C(=O)NC(C)C(=O)NC(CS)C(C)O. The van der Waals surface area contributed by atoms with Crippen LogP contribution in [0.5, 0.6) is 0 Å². The lowest BCUT2D eigenvalue weighted by Crippen LogP contribution is -2.57. The van der Waals surface area contributed by atoms with Crippen LogP contribution in [0.3, 0.4) is 0 Å². The van der Waals surface area contributed by atoms with Gasteiger partial charge in [-0.25, -0.2) is 4.79 Å². The maximum atomic E-state index is 13.3. The molecule has 0 radical (unpaired) electrons. The molecule has 11 heteroatoms. The fourth-order valence-corrected chi connectivity index (χ4v) is 4.04. The molecule has 1 aliphatic rings. The minimum atomic E-state index is -0.863. The van der Waals surface area contributed by atoms with Crippen molar-refractivity contribution in [3.05, 3.63) is 0 Å². The highest BCUT2D eigenvalue weighted by Crippen LogP contribution is 2.21. The average Bonchev–Trinajstić information content (AvgIpc) is 3.18. The van der Waals surface area contributed by atoms with Crippen LogP contribution in [-0.2, 0) is 19.1 Å². The number of nitrogens with zero attached hydrogens (tertiary/aromatic N) is 1. The Morgan fingerprint density at radius 3 is 2.21 bits per heavy atom. The molecule has 0 aromatic heterocycles. The van der Waals surface area contributed by atoms with Crippen molar-refractivity contribution in [2.24, 2.45) is 5.92 Å². The maximum absolute atomic E-state index is 13.3. The molecule has 34 heavy (non-hydrogen) atoms. The summed E-state index contributed by atoms with van der Waals surface area (Å²) < 4.78 is 5.31. The third-order valence-electron chi connectivity index (χ3n) is 5.39. The van der Waals surface area contributed by atoms with Gasteiger partial charge in [0.2, 0.25) is 17.7 Å². The van der Waals surface area contributed by atoms with Gasteiger partial charge in [-0.05, 0) is 59.8 Å². The van der Waals surface area contributed by atoms with Crippen LogP contribution in [0.1, 0.15) is 67.7 Å². The molecular weight excluding hydrogens is 460 g/mol. The molecule has 0 aliphatic carbocycles. The zero-order valence-corrected chi connectivity index (χ0v) is 22.3. The molecule has 0 aromatic carbocycles. The van der Waals surface area contributed by atoms with Gasteiger partial charge in [0.15, 0.2) is 0 Å². The molecule has 0 saturated carbocycles. The molecule has 4 amide bonds. The number of carbonyl (C=O) groups is 4. The van der Waals surface area contributed by atoms with E-state index in [0.29, 0.717) is 25.8 Å². The number of carbonyl (C=O) groups excluding carboxylic acids is 4. The van der Waals surface area contributed by atoms with Crippen LogP contribution >= 0.6 is 12.6 Å². The largest absolute Gasteiger partial charge is 0.444 e. The molecular formula is C23H42N4O6S. The first-order valence-electron chi connectivity index (χ1n) is 11.9. The predicted octanol–water partition coefficient (Wildman–Crippen LogP) is 1.22. The van der Waals surface area contributed by atoms with E-state index in [1.807, 2.05) is 13.8 Å². The van der Waals surface area contributed by atoms with Crippen LogP contribution < -0.4 is 16.0 Å². The Labute approximate surface area is 208 Å². The van der Waals surface area contributed by atoms with E-state index in [9.17, 15) is 24.3 Å². The van der Waals surface area contributed by atoms with Gasteiger partial charge in [0.25, 0.3) is 0 Å². The molecule has 4 N–H and O–H groups in total. The van der Waals surface area contributed by atoms with Crippen LogP contribution in [0.25, 0.3) is 0 Å². The molecule has 1 fully saturated rings. The van der Waals surface area contributed by atoms with Crippen molar-refractivity contribution >= 4 is 36.4 Å². The van der Waals surface area contributed by atoms with Crippen LogP contribution in [0, 0.1) is 5.92 Å². The second-order valence-corrected chi connectivity index (χ2v) is 10.7. The predicted molar refractivity (Wildman–Crippen MR) is 132 cm³/mol. The summed E-state index contributed by atoms with van der Waals surface area (Å²) in [6.07, 6.45) is 0.0115. The number of alkyl carbamates (subject to hydrolysis) is 1. The van der Waals surface area contributed by atoms with Gasteiger partial charge in [-0.15, -0.1) is 0 Å². The minimum Gasteiger partial charge on any atom is -0.444 e. The lowest BCUT2D eigenvalue weighted by atomic mass is 10.0. The van der Waals surface area contributed by atoms with Crippen molar-refractivity contribution in [1.82, 2.24) is 20.9 Å². The fourth-order valence-electron chi connectivity index (χ4n) is 3.65. The average molecular weight is 503 g/mol. The molecule has 0 bridgehead atoms. The van der Waals surface area contributed by atoms with E-state index in [4.69, 9.17) is 4.74 Å². The maximum Gasteiger partial charge on any atom is 0.408 e. The fraction of sp³-hybridized carbons (Fsp3) is 0.826. The smallest absolute Gasteiger partial charge is 0.408 e. The quantitative estimate of drug-likeness (QED) is 0.285. The number of hydrogen-bond donors (Lipinski definition) is 5. The van der Waals surface area contributed by atoms with E-state index in [2.05, 4.69) is 28.6 Å². The standard InChI is InChI=1S/C23H42N4O6S/c1-13(2)11-16(26-22(32)33-23(5,6)7)21(31)27-10-8-9-18(27)20(30)24-14(3)19(29)25-17(12-34)15(4)28/h13-18,28,34H,8-12H2,1-7H3,(H,24,30)(H,25,29)(H,26,32). The van der Waals surface area contributed by atoms with Gasteiger partial charge in [-0.1, -0.05) is 13.8 Å². The van der Waals surface area contributed by atoms with Crippen molar-refractivity contribution in [2.75, 3.05) is 12.3 Å². The Bertz CT molecular complexity index is 725. The van der Waals surface area contributed by atoms with E-state index in [1.54, 1.807) is 27.7 Å². The molecule has 1 rings (SSSR count).